The molecule has 1 aliphatic heterocycles. The summed E-state index contributed by atoms with van der Waals surface area (Å²) in [5.74, 6) is 0.523. The summed E-state index contributed by atoms with van der Waals surface area (Å²) in [5.41, 5.74) is -1.72. The molecule has 0 bridgehead atoms. The fraction of sp³-hybridized carbons (Fsp3) is 0.733. The summed E-state index contributed by atoms with van der Waals surface area (Å²) in [6.07, 6.45) is -2.97. The SMILES string of the molecule is CCNC(=NCC1(O)CCOCC1)NCCc1nc(C(F)(F)F)cs1.I. The number of aromatic nitrogens is 1. The van der Waals surface area contributed by atoms with Gasteiger partial charge in [-0.05, 0) is 6.92 Å². The second-order valence-corrected chi connectivity index (χ2v) is 6.78. The summed E-state index contributed by atoms with van der Waals surface area (Å²) in [6.45, 7) is 4.24. The summed E-state index contributed by atoms with van der Waals surface area (Å²) in [7, 11) is 0. The maximum atomic E-state index is 12.5. The molecular formula is C15H24F3IN4O2S. The lowest BCUT2D eigenvalue weighted by Crippen LogP contribution is -2.43. The van der Waals surface area contributed by atoms with Crippen LogP contribution in [0, 0.1) is 0 Å². The molecule has 0 radical (unpaired) electrons. The van der Waals surface area contributed by atoms with Gasteiger partial charge in [0.1, 0.15) is 0 Å². The summed E-state index contributed by atoms with van der Waals surface area (Å²) in [6, 6.07) is 0. The number of ether oxygens (including phenoxy) is 1. The Morgan fingerprint density at radius 2 is 2.08 bits per heavy atom. The first kappa shape index (κ1) is 23.4. The zero-order chi connectivity index (χ0) is 18.3. The van der Waals surface area contributed by atoms with Crippen LogP contribution in [0.4, 0.5) is 13.2 Å². The van der Waals surface area contributed by atoms with Crippen LogP contribution in [0.25, 0.3) is 0 Å². The molecule has 0 aliphatic carbocycles. The number of hydrogen-bond acceptors (Lipinski definition) is 5. The van der Waals surface area contributed by atoms with Crippen molar-refractivity contribution in [2.45, 2.75) is 38.0 Å². The highest BCUT2D eigenvalue weighted by molar-refractivity contribution is 14.0. The predicted octanol–water partition coefficient (Wildman–Crippen LogP) is 2.42. The van der Waals surface area contributed by atoms with Crippen molar-refractivity contribution in [3.8, 4) is 0 Å². The first-order chi connectivity index (χ1) is 11.8. The van der Waals surface area contributed by atoms with Gasteiger partial charge in [0, 0.05) is 50.9 Å². The minimum atomic E-state index is -4.41. The van der Waals surface area contributed by atoms with Crippen LogP contribution in [0.3, 0.4) is 0 Å². The third-order valence-electron chi connectivity index (χ3n) is 3.77. The number of hydrogen-bond donors (Lipinski definition) is 3. The van der Waals surface area contributed by atoms with Gasteiger partial charge in [0.05, 0.1) is 17.2 Å². The Balaban J connectivity index is 0.00000338. The normalized spacial score (nSPS) is 17.5. The molecule has 1 aliphatic rings. The van der Waals surface area contributed by atoms with Gasteiger partial charge in [0.15, 0.2) is 11.7 Å². The first-order valence-electron chi connectivity index (χ1n) is 8.16. The van der Waals surface area contributed by atoms with E-state index in [9.17, 15) is 18.3 Å². The molecule has 1 saturated heterocycles. The van der Waals surface area contributed by atoms with E-state index in [0.29, 0.717) is 56.5 Å². The van der Waals surface area contributed by atoms with Gasteiger partial charge in [-0.2, -0.15) is 13.2 Å². The van der Waals surface area contributed by atoms with Gasteiger partial charge in [-0.3, -0.25) is 4.99 Å². The van der Waals surface area contributed by atoms with Crippen LogP contribution in [0.2, 0.25) is 0 Å². The van der Waals surface area contributed by atoms with Crippen LogP contribution in [0.15, 0.2) is 10.4 Å². The molecule has 0 saturated carbocycles. The van der Waals surface area contributed by atoms with Gasteiger partial charge in [0.25, 0.3) is 0 Å². The standard InChI is InChI=1S/C15H23F3N4O2S.HI/c1-2-19-13(21-10-14(23)4-7-24-8-5-14)20-6-3-12-22-11(9-25-12)15(16,17)18;/h9,23H,2-8,10H2,1H3,(H2,19,20,21);1H. The molecule has 0 aromatic carbocycles. The van der Waals surface area contributed by atoms with E-state index in [1.165, 1.54) is 0 Å². The van der Waals surface area contributed by atoms with Crippen LogP contribution < -0.4 is 10.6 Å². The van der Waals surface area contributed by atoms with E-state index in [0.717, 1.165) is 16.7 Å². The molecule has 26 heavy (non-hydrogen) atoms. The van der Waals surface area contributed by atoms with Crippen LogP contribution in [0.5, 0.6) is 0 Å². The Kier molecular flexibility index (Phi) is 9.55. The van der Waals surface area contributed by atoms with Gasteiger partial charge in [-0.25, -0.2) is 4.98 Å². The molecular weight excluding hydrogens is 484 g/mol. The summed E-state index contributed by atoms with van der Waals surface area (Å²) < 4.78 is 42.8. The molecule has 150 valence electrons. The van der Waals surface area contributed by atoms with Crippen molar-refractivity contribution in [2.24, 2.45) is 4.99 Å². The molecule has 11 heteroatoms. The van der Waals surface area contributed by atoms with Crippen molar-refractivity contribution in [3.63, 3.8) is 0 Å². The van der Waals surface area contributed by atoms with Crippen molar-refractivity contribution in [2.75, 3.05) is 32.8 Å². The summed E-state index contributed by atoms with van der Waals surface area (Å²) in [5, 5.41) is 18.0. The Morgan fingerprint density at radius 1 is 1.38 bits per heavy atom. The highest BCUT2D eigenvalue weighted by atomic mass is 127. The number of aliphatic hydroxyl groups is 1. The molecule has 1 fully saturated rings. The quantitative estimate of drug-likeness (QED) is 0.313. The number of halogens is 4. The number of guanidine groups is 1. The van der Waals surface area contributed by atoms with E-state index in [1.807, 2.05) is 6.92 Å². The minimum absolute atomic E-state index is 0. The lowest BCUT2D eigenvalue weighted by atomic mass is 9.95. The summed E-state index contributed by atoms with van der Waals surface area (Å²) in [4.78, 5) is 7.97. The van der Waals surface area contributed by atoms with Gasteiger partial charge < -0.3 is 20.5 Å². The van der Waals surface area contributed by atoms with Gasteiger partial charge in [-0.1, -0.05) is 0 Å². The van der Waals surface area contributed by atoms with Crippen LogP contribution in [-0.2, 0) is 17.3 Å². The lowest BCUT2D eigenvalue weighted by molar-refractivity contribution is -0.140. The van der Waals surface area contributed by atoms with Gasteiger partial charge in [0.2, 0.25) is 0 Å². The fourth-order valence-corrected chi connectivity index (χ4v) is 3.13. The van der Waals surface area contributed by atoms with Crippen molar-refractivity contribution in [1.82, 2.24) is 15.6 Å². The molecule has 0 spiro atoms. The Morgan fingerprint density at radius 3 is 2.65 bits per heavy atom. The van der Waals surface area contributed by atoms with Crippen LogP contribution in [-0.4, -0.2) is 54.5 Å². The Labute approximate surface area is 171 Å². The predicted molar refractivity (Wildman–Crippen MR) is 105 cm³/mol. The highest BCUT2D eigenvalue weighted by Crippen LogP contribution is 2.30. The van der Waals surface area contributed by atoms with E-state index in [2.05, 4.69) is 20.6 Å². The van der Waals surface area contributed by atoms with E-state index in [-0.39, 0.29) is 30.5 Å². The molecule has 6 nitrogen and oxygen atoms in total. The van der Waals surface area contributed by atoms with Crippen molar-refractivity contribution in [1.29, 1.82) is 0 Å². The molecule has 0 unspecified atom stereocenters. The molecule has 1 aromatic rings. The highest BCUT2D eigenvalue weighted by Gasteiger charge is 2.33. The molecule has 0 atom stereocenters. The van der Waals surface area contributed by atoms with E-state index >= 15 is 0 Å². The largest absolute Gasteiger partial charge is 0.434 e. The molecule has 2 rings (SSSR count). The summed E-state index contributed by atoms with van der Waals surface area (Å²) >= 11 is 0.992. The van der Waals surface area contributed by atoms with E-state index in [4.69, 9.17) is 4.74 Å². The second-order valence-electron chi connectivity index (χ2n) is 5.83. The average molecular weight is 508 g/mol. The third-order valence-corrected chi connectivity index (χ3v) is 4.68. The van der Waals surface area contributed by atoms with Crippen LogP contribution in [0.1, 0.15) is 30.5 Å². The number of thiazole rings is 1. The Hall–Kier alpha value is -0.660. The monoisotopic (exact) mass is 508 g/mol. The van der Waals surface area contributed by atoms with Gasteiger partial charge in [-0.15, -0.1) is 35.3 Å². The maximum absolute atomic E-state index is 12.5. The van der Waals surface area contributed by atoms with Crippen molar-refractivity contribution in [3.05, 3.63) is 16.1 Å². The minimum Gasteiger partial charge on any atom is -0.388 e. The Bertz CT molecular complexity index is 577. The number of rotatable bonds is 6. The van der Waals surface area contributed by atoms with Crippen molar-refractivity contribution < 1.29 is 23.0 Å². The second kappa shape index (κ2) is 10.6. The number of alkyl halides is 3. The van der Waals surface area contributed by atoms with Gasteiger partial charge >= 0.3 is 6.18 Å². The number of nitrogens with one attached hydrogen (secondary N) is 2. The fourth-order valence-electron chi connectivity index (χ4n) is 2.32. The average Bonchev–Trinajstić information content (AvgIpc) is 3.03. The third kappa shape index (κ3) is 7.53. The van der Waals surface area contributed by atoms with E-state index < -0.39 is 17.5 Å². The lowest BCUT2D eigenvalue weighted by Gasteiger charge is -2.30. The number of aliphatic imine (C=N–C) groups is 1. The zero-order valence-corrected chi connectivity index (χ0v) is 17.6. The molecule has 2 heterocycles. The van der Waals surface area contributed by atoms with Crippen LogP contribution >= 0.6 is 35.3 Å². The number of nitrogens with zero attached hydrogens (tertiary/aromatic N) is 2. The van der Waals surface area contributed by atoms with Crippen molar-refractivity contribution >= 4 is 41.3 Å². The molecule has 1 aromatic heterocycles. The topological polar surface area (TPSA) is 78.8 Å². The molecule has 3 N–H and O–H groups in total. The molecule has 0 amide bonds. The smallest absolute Gasteiger partial charge is 0.388 e. The zero-order valence-electron chi connectivity index (χ0n) is 14.4. The van der Waals surface area contributed by atoms with E-state index in [1.54, 1.807) is 0 Å². The maximum Gasteiger partial charge on any atom is 0.434 e. The first-order valence-corrected chi connectivity index (χ1v) is 9.04.